The Kier molecular flexibility index (Phi) is 4.42. The van der Waals surface area contributed by atoms with Crippen LogP contribution in [0.25, 0.3) is 0 Å². The summed E-state index contributed by atoms with van der Waals surface area (Å²) >= 11 is 3.45. The van der Waals surface area contributed by atoms with Crippen LogP contribution in [-0.4, -0.2) is 7.11 Å². The SMILES string of the molecule is COc1ccccc1C(NN)c1cc(Br)ccc1N. The largest absolute Gasteiger partial charge is 0.496 e. The van der Waals surface area contributed by atoms with Crippen LogP contribution in [0.4, 0.5) is 5.69 Å². The molecular formula is C14H16BrN3O. The van der Waals surface area contributed by atoms with Gasteiger partial charge in [0.2, 0.25) is 0 Å². The quantitative estimate of drug-likeness (QED) is 0.460. The van der Waals surface area contributed by atoms with E-state index in [0.29, 0.717) is 5.69 Å². The van der Waals surface area contributed by atoms with Gasteiger partial charge < -0.3 is 10.5 Å². The molecule has 1 unspecified atom stereocenters. The number of hydrogen-bond acceptors (Lipinski definition) is 4. The summed E-state index contributed by atoms with van der Waals surface area (Å²) in [4.78, 5) is 0. The van der Waals surface area contributed by atoms with Crippen molar-refractivity contribution in [3.05, 3.63) is 58.1 Å². The van der Waals surface area contributed by atoms with Crippen molar-refractivity contribution in [2.75, 3.05) is 12.8 Å². The van der Waals surface area contributed by atoms with Gasteiger partial charge in [-0.1, -0.05) is 34.1 Å². The van der Waals surface area contributed by atoms with Crippen molar-refractivity contribution < 1.29 is 4.74 Å². The minimum Gasteiger partial charge on any atom is -0.496 e. The van der Waals surface area contributed by atoms with Crippen LogP contribution in [0, 0.1) is 0 Å². The lowest BCUT2D eigenvalue weighted by Gasteiger charge is -2.21. The summed E-state index contributed by atoms with van der Waals surface area (Å²) in [6, 6.07) is 13.2. The molecule has 2 aromatic carbocycles. The third-order valence-corrected chi connectivity index (χ3v) is 3.47. The van der Waals surface area contributed by atoms with Crippen LogP contribution in [0.5, 0.6) is 5.75 Å². The Morgan fingerprint density at radius 1 is 1.16 bits per heavy atom. The molecule has 4 nitrogen and oxygen atoms in total. The number of anilines is 1. The molecule has 0 aliphatic heterocycles. The first-order valence-electron chi connectivity index (χ1n) is 5.81. The van der Waals surface area contributed by atoms with Gasteiger partial charge in [0.15, 0.2) is 0 Å². The molecule has 2 aromatic rings. The minimum absolute atomic E-state index is 0.228. The normalized spacial score (nSPS) is 12.2. The third-order valence-electron chi connectivity index (χ3n) is 2.98. The monoisotopic (exact) mass is 321 g/mol. The van der Waals surface area contributed by atoms with Gasteiger partial charge in [0, 0.05) is 15.7 Å². The zero-order valence-electron chi connectivity index (χ0n) is 10.6. The maximum absolute atomic E-state index is 6.04. The number of para-hydroxylation sites is 1. The third kappa shape index (κ3) is 2.89. The molecule has 2 rings (SSSR count). The standard InChI is InChI=1S/C14H16BrN3O/c1-19-13-5-3-2-4-10(13)14(18-17)11-8-9(15)6-7-12(11)16/h2-8,14,18H,16-17H2,1H3. The number of methoxy groups -OCH3 is 1. The van der Waals surface area contributed by atoms with Crippen LogP contribution in [0.3, 0.4) is 0 Å². The van der Waals surface area contributed by atoms with Crippen LogP contribution >= 0.6 is 15.9 Å². The lowest BCUT2D eigenvalue weighted by molar-refractivity contribution is 0.404. The van der Waals surface area contributed by atoms with Crippen molar-refractivity contribution in [2.24, 2.45) is 5.84 Å². The molecule has 0 saturated carbocycles. The number of ether oxygens (including phenoxy) is 1. The highest BCUT2D eigenvalue weighted by Crippen LogP contribution is 2.33. The number of nitrogen functional groups attached to an aromatic ring is 1. The molecule has 19 heavy (non-hydrogen) atoms. The number of nitrogens with two attached hydrogens (primary N) is 2. The van der Waals surface area contributed by atoms with Gasteiger partial charge in [0.1, 0.15) is 5.75 Å². The lowest BCUT2D eigenvalue weighted by Crippen LogP contribution is -2.29. The van der Waals surface area contributed by atoms with E-state index in [1.807, 2.05) is 42.5 Å². The molecule has 100 valence electrons. The number of rotatable bonds is 4. The second-order valence-corrected chi connectivity index (χ2v) is 5.03. The van der Waals surface area contributed by atoms with Crippen LogP contribution < -0.4 is 21.7 Å². The highest BCUT2D eigenvalue weighted by atomic mass is 79.9. The Hall–Kier alpha value is -1.56. The summed E-state index contributed by atoms with van der Waals surface area (Å²) in [5, 5.41) is 0. The van der Waals surface area contributed by atoms with Gasteiger partial charge in [0.25, 0.3) is 0 Å². The smallest absolute Gasteiger partial charge is 0.124 e. The van der Waals surface area contributed by atoms with Crippen molar-refractivity contribution in [2.45, 2.75) is 6.04 Å². The zero-order valence-corrected chi connectivity index (χ0v) is 12.1. The second kappa shape index (κ2) is 6.06. The lowest BCUT2D eigenvalue weighted by atomic mass is 9.97. The zero-order chi connectivity index (χ0) is 13.8. The fourth-order valence-corrected chi connectivity index (χ4v) is 2.43. The molecule has 0 aromatic heterocycles. The fourth-order valence-electron chi connectivity index (χ4n) is 2.05. The molecule has 5 heteroatoms. The predicted molar refractivity (Wildman–Crippen MR) is 80.7 cm³/mol. The Balaban J connectivity index is 2.53. The molecular weight excluding hydrogens is 306 g/mol. The predicted octanol–water partition coefficient (Wildman–Crippen LogP) is 2.59. The second-order valence-electron chi connectivity index (χ2n) is 4.11. The molecule has 0 saturated heterocycles. The van der Waals surface area contributed by atoms with Crippen LogP contribution in [0.15, 0.2) is 46.9 Å². The molecule has 0 spiro atoms. The molecule has 0 bridgehead atoms. The summed E-state index contributed by atoms with van der Waals surface area (Å²) in [6.45, 7) is 0. The molecule has 0 radical (unpaired) electrons. The van der Waals surface area contributed by atoms with E-state index in [4.69, 9.17) is 16.3 Å². The minimum atomic E-state index is -0.228. The highest BCUT2D eigenvalue weighted by Gasteiger charge is 2.19. The molecule has 0 aliphatic carbocycles. The Morgan fingerprint density at radius 3 is 2.58 bits per heavy atom. The van der Waals surface area contributed by atoms with Gasteiger partial charge in [-0.05, 0) is 29.8 Å². The summed E-state index contributed by atoms with van der Waals surface area (Å²) < 4.78 is 6.32. The topological polar surface area (TPSA) is 73.3 Å². The van der Waals surface area contributed by atoms with Gasteiger partial charge in [0.05, 0.1) is 13.2 Å². The van der Waals surface area contributed by atoms with Gasteiger partial charge in [-0.15, -0.1) is 0 Å². The number of benzene rings is 2. The van der Waals surface area contributed by atoms with E-state index < -0.39 is 0 Å². The number of halogens is 1. The van der Waals surface area contributed by atoms with Gasteiger partial charge in [-0.25, -0.2) is 5.43 Å². The number of nitrogens with one attached hydrogen (secondary N) is 1. The maximum atomic E-state index is 6.04. The molecule has 0 aliphatic rings. The first kappa shape index (κ1) is 13.9. The molecule has 5 N–H and O–H groups in total. The van der Waals surface area contributed by atoms with E-state index in [1.54, 1.807) is 7.11 Å². The first-order valence-corrected chi connectivity index (χ1v) is 6.60. The Bertz CT molecular complexity index is 574. The van der Waals surface area contributed by atoms with Crippen molar-refractivity contribution >= 4 is 21.6 Å². The van der Waals surface area contributed by atoms with Crippen molar-refractivity contribution in [1.82, 2.24) is 5.43 Å². The van der Waals surface area contributed by atoms with E-state index in [-0.39, 0.29) is 6.04 Å². The summed E-state index contributed by atoms with van der Waals surface area (Å²) in [7, 11) is 1.64. The van der Waals surface area contributed by atoms with E-state index in [0.717, 1.165) is 21.3 Å². The summed E-state index contributed by atoms with van der Waals surface area (Å²) in [5.41, 5.74) is 11.4. The molecule has 0 heterocycles. The van der Waals surface area contributed by atoms with Crippen molar-refractivity contribution in [1.29, 1.82) is 0 Å². The number of hydrazine groups is 1. The first-order chi connectivity index (χ1) is 9.17. The van der Waals surface area contributed by atoms with Crippen LogP contribution in [0.2, 0.25) is 0 Å². The van der Waals surface area contributed by atoms with Gasteiger partial charge in [-0.3, -0.25) is 5.84 Å². The molecule has 1 atom stereocenters. The van der Waals surface area contributed by atoms with E-state index in [9.17, 15) is 0 Å². The van der Waals surface area contributed by atoms with Crippen LogP contribution in [-0.2, 0) is 0 Å². The molecule has 0 fully saturated rings. The Morgan fingerprint density at radius 2 is 1.89 bits per heavy atom. The molecule has 0 amide bonds. The van der Waals surface area contributed by atoms with Gasteiger partial charge >= 0.3 is 0 Å². The van der Waals surface area contributed by atoms with Crippen molar-refractivity contribution in [3.63, 3.8) is 0 Å². The van der Waals surface area contributed by atoms with Crippen molar-refractivity contribution in [3.8, 4) is 5.75 Å². The highest BCUT2D eigenvalue weighted by molar-refractivity contribution is 9.10. The van der Waals surface area contributed by atoms with E-state index in [1.165, 1.54) is 0 Å². The Labute approximate surface area is 120 Å². The van der Waals surface area contributed by atoms with E-state index >= 15 is 0 Å². The van der Waals surface area contributed by atoms with E-state index in [2.05, 4.69) is 21.4 Å². The average Bonchev–Trinajstić information content (AvgIpc) is 2.44. The van der Waals surface area contributed by atoms with Gasteiger partial charge in [-0.2, -0.15) is 0 Å². The summed E-state index contributed by atoms with van der Waals surface area (Å²) in [5.74, 6) is 6.47. The maximum Gasteiger partial charge on any atom is 0.124 e. The summed E-state index contributed by atoms with van der Waals surface area (Å²) in [6.07, 6.45) is 0. The van der Waals surface area contributed by atoms with Crippen LogP contribution in [0.1, 0.15) is 17.2 Å². The fraction of sp³-hybridized carbons (Fsp3) is 0.143. The average molecular weight is 322 g/mol. The number of hydrogen-bond donors (Lipinski definition) is 3.